The molecule has 0 saturated carbocycles. The van der Waals surface area contributed by atoms with Crippen LogP contribution >= 0.6 is 0 Å². The molecule has 1 aliphatic rings. The number of halogens is 1. The maximum absolute atomic E-state index is 13.0. The molecule has 23 heavy (non-hydrogen) atoms. The summed E-state index contributed by atoms with van der Waals surface area (Å²) in [5, 5.41) is 10.5. The first kappa shape index (κ1) is 17.7. The molecule has 1 atom stereocenters. The molecule has 1 aromatic carbocycles. The van der Waals surface area contributed by atoms with Crippen molar-refractivity contribution in [2.75, 3.05) is 19.6 Å². The molecule has 1 aromatic rings. The van der Waals surface area contributed by atoms with E-state index in [9.17, 15) is 14.3 Å². The van der Waals surface area contributed by atoms with Crippen molar-refractivity contribution in [2.24, 2.45) is 5.92 Å². The highest BCUT2D eigenvalue weighted by Gasteiger charge is 2.30. The first-order valence-corrected chi connectivity index (χ1v) is 8.43. The fraction of sp³-hybridized carbons (Fsp3) is 0.611. The first-order valence-electron chi connectivity index (χ1n) is 8.43. The SMILES string of the molecule is CCN(C(=O)N1CCC(C(O)c2ccc(F)cc2)CC1)C(C)C. The lowest BCUT2D eigenvalue weighted by molar-refractivity contribution is 0.0586. The Morgan fingerprint density at radius 2 is 1.87 bits per heavy atom. The van der Waals surface area contributed by atoms with Gasteiger partial charge >= 0.3 is 6.03 Å². The van der Waals surface area contributed by atoms with Crippen molar-refractivity contribution in [1.82, 2.24) is 9.80 Å². The van der Waals surface area contributed by atoms with E-state index < -0.39 is 6.10 Å². The summed E-state index contributed by atoms with van der Waals surface area (Å²) in [5.41, 5.74) is 0.744. The molecule has 4 nitrogen and oxygen atoms in total. The highest BCUT2D eigenvalue weighted by atomic mass is 19.1. The van der Waals surface area contributed by atoms with Gasteiger partial charge in [-0.2, -0.15) is 0 Å². The number of hydrogen-bond acceptors (Lipinski definition) is 2. The number of urea groups is 1. The zero-order valence-corrected chi connectivity index (χ0v) is 14.2. The van der Waals surface area contributed by atoms with Crippen LogP contribution in [0.15, 0.2) is 24.3 Å². The number of likely N-dealkylation sites (tertiary alicyclic amines) is 1. The molecular formula is C18H27FN2O2. The Hall–Kier alpha value is -1.62. The van der Waals surface area contributed by atoms with Crippen LogP contribution in [-0.4, -0.2) is 46.6 Å². The minimum atomic E-state index is -0.597. The fourth-order valence-electron chi connectivity index (χ4n) is 3.24. The summed E-state index contributed by atoms with van der Waals surface area (Å²) in [6, 6.07) is 6.29. The second-order valence-corrected chi connectivity index (χ2v) is 6.48. The number of carbonyl (C=O) groups is 1. The van der Waals surface area contributed by atoms with Crippen LogP contribution in [0.4, 0.5) is 9.18 Å². The predicted octanol–water partition coefficient (Wildman–Crippen LogP) is 3.42. The first-order chi connectivity index (χ1) is 10.9. The monoisotopic (exact) mass is 322 g/mol. The van der Waals surface area contributed by atoms with Gasteiger partial charge in [0.2, 0.25) is 0 Å². The van der Waals surface area contributed by atoms with E-state index in [4.69, 9.17) is 0 Å². The third-order valence-corrected chi connectivity index (χ3v) is 4.68. The van der Waals surface area contributed by atoms with Crippen molar-refractivity contribution in [3.8, 4) is 0 Å². The Labute approximate surface area is 137 Å². The van der Waals surface area contributed by atoms with Gasteiger partial charge in [0, 0.05) is 25.7 Å². The summed E-state index contributed by atoms with van der Waals surface area (Å²) in [6.45, 7) is 8.05. The maximum atomic E-state index is 13.0. The van der Waals surface area contributed by atoms with Crippen LogP contribution in [0.5, 0.6) is 0 Å². The molecule has 2 rings (SSSR count). The number of aliphatic hydroxyl groups excluding tert-OH is 1. The Morgan fingerprint density at radius 1 is 1.30 bits per heavy atom. The molecule has 1 saturated heterocycles. The lowest BCUT2D eigenvalue weighted by atomic mass is 9.87. The molecule has 1 aliphatic heterocycles. The second kappa shape index (κ2) is 7.77. The summed E-state index contributed by atoms with van der Waals surface area (Å²) in [5.74, 6) is -0.187. The summed E-state index contributed by atoms with van der Waals surface area (Å²) >= 11 is 0. The molecule has 0 aromatic heterocycles. The van der Waals surface area contributed by atoms with Gasteiger partial charge in [-0.15, -0.1) is 0 Å². The van der Waals surface area contributed by atoms with Gasteiger partial charge in [0.15, 0.2) is 0 Å². The summed E-state index contributed by atoms with van der Waals surface area (Å²) in [6.07, 6.45) is 0.931. The summed E-state index contributed by atoms with van der Waals surface area (Å²) in [7, 11) is 0. The van der Waals surface area contributed by atoms with Crippen LogP contribution in [0, 0.1) is 11.7 Å². The Bertz CT molecular complexity index is 510. The van der Waals surface area contributed by atoms with Gasteiger partial charge in [-0.1, -0.05) is 12.1 Å². The zero-order chi connectivity index (χ0) is 17.0. The molecule has 5 heteroatoms. The lowest BCUT2D eigenvalue weighted by Crippen LogP contribution is -2.49. The fourth-order valence-corrected chi connectivity index (χ4v) is 3.24. The van der Waals surface area contributed by atoms with Crippen molar-refractivity contribution >= 4 is 6.03 Å². The van der Waals surface area contributed by atoms with E-state index in [0.717, 1.165) is 18.4 Å². The molecule has 1 unspecified atom stereocenters. The van der Waals surface area contributed by atoms with Crippen molar-refractivity contribution < 1.29 is 14.3 Å². The molecule has 0 aliphatic carbocycles. The van der Waals surface area contributed by atoms with Gasteiger partial charge in [0.05, 0.1) is 6.10 Å². The Kier molecular flexibility index (Phi) is 5.99. The number of hydrogen-bond donors (Lipinski definition) is 1. The predicted molar refractivity (Wildman–Crippen MR) is 88.6 cm³/mol. The highest BCUT2D eigenvalue weighted by Crippen LogP contribution is 2.31. The van der Waals surface area contributed by atoms with Gasteiger partial charge in [-0.3, -0.25) is 0 Å². The van der Waals surface area contributed by atoms with Crippen LogP contribution in [0.25, 0.3) is 0 Å². The van der Waals surface area contributed by atoms with E-state index >= 15 is 0 Å². The average molecular weight is 322 g/mol. The molecule has 0 bridgehead atoms. The van der Waals surface area contributed by atoms with Crippen molar-refractivity contribution in [3.63, 3.8) is 0 Å². The topological polar surface area (TPSA) is 43.8 Å². The molecule has 1 N–H and O–H groups in total. The number of amides is 2. The van der Waals surface area contributed by atoms with E-state index in [-0.39, 0.29) is 23.8 Å². The van der Waals surface area contributed by atoms with E-state index in [1.165, 1.54) is 12.1 Å². The number of rotatable bonds is 4. The van der Waals surface area contributed by atoms with E-state index in [1.807, 2.05) is 30.6 Å². The van der Waals surface area contributed by atoms with E-state index in [0.29, 0.717) is 19.6 Å². The minimum absolute atomic E-state index is 0.0808. The number of nitrogens with zero attached hydrogens (tertiary/aromatic N) is 2. The van der Waals surface area contributed by atoms with Crippen LogP contribution < -0.4 is 0 Å². The third kappa shape index (κ3) is 4.22. The molecule has 2 amide bonds. The van der Waals surface area contributed by atoms with Crippen LogP contribution in [0.2, 0.25) is 0 Å². The van der Waals surface area contributed by atoms with Crippen LogP contribution in [0.1, 0.15) is 45.3 Å². The minimum Gasteiger partial charge on any atom is -0.388 e. The molecular weight excluding hydrogens is 295 g/mol. The number of carbonyl (C=O) groups excluding carboxylic acids is 1. The van der Waals surface area contributed by atoms with E-state index in [1.54, 1.807) is 12.1 Å². The maximum Gasteiger partial charge on any atom is 0.320 e. The largest absolute Gasteiger partial charge is 0.388 e. The van der Waals surface area contributed by atoms with Gasteiger partial charge in [-0.05, 0) is 57.2 Å². The van der Waals surface area contributed by atoms with Crippen molar-refractivity contribution in [2.45, 2.75) is 45.8 Å². The molecule has 0 radical (unpaired) electrons. The lowest BCUT2D eigenvalue weighted by Gasteiger charge is -2.38. The van der Waals surface area contributed by atoms with Gasteiger partial charge < -0.3 is 14.9 Å². The van der Waals surface area contributed by atoms with Gasteiger partial charge in [-0.25, -0.2) is 9.18 Å². The van der Waals surface area contributed by atoms with Gasteiger partial charge in [0.25, 0.3) is 0 Å². The average Bonchev–Trinajstić information content (AvgIpc) is 2.55. The molecule has 1 fully saturated rings. The Balaban J connectivity index is 1.93. The normalized spacial score (nSPS) is 17.4. The third-order valence-electron chi connectivity index (χ3n) is 4.68. The number of aliphatic hydroxyl groups is 1. The second-order valence-electron chi connectivity index (χ2n) is 6.48. The zero-order valence-electron chi connectivity index (χ0n) is 14.2. The number of benzene rings is 1. The summed E-state index contributed by atoms with van der Waals surface area (Å²) in [4.78, 5) is 16.2. The molecule has 1 heterocycles. The van der Waals surface area contributed by atoms with E-state index in [2.05, 4.69) is 0 Å². The van der Waals surface area contributed by atoms with Crippen molar-refractivity contribution in [3.05, 3.63) is 35.6 Å². The molecule has 0 spiro atoms. The highest BCUT2D eigenvalue weighted by molar-refractivity contribution is 5.74. The quantitative estimate of drug-likeness (QED) is 0.923. The van der Waals surface area contributed by atoms with Crippen LogP contribution in [-0.2, 0) is 0 Å². The smallest absolute Gasteiger partial charge is 0.320 e. The summed E-state index contributed by atoms with van der Waals surface area (Å²) < 4.78 is 13.0. The van der Waals surface area contributed by atoms with Crippen molar-refractivity contribution in [1.29, 1.82) is 0 Å². The van der Waals surface area contributed by atoms with Gasteiger partial charge in [0.1, 0.15) is 5.82 Å². The van der Waals surface area contributed by atoms with Crippen LogP contribution in [0.3, 0.4) is 0 Å². The Morgan fingerprint density at radius 3 is 2.35 bits per heavy atom. The standard InChI is InChI=1S/C18H27FN2O2/c1-4-21(13(2)3)18(23)20-11-9-15(10-12-20)17(22)14-5-7-16(19)8-6-14/h5-8,13,15,17,22H,4,9-12H2,1-3H3. The molecule has 128 valence electrons. The number of piperidine rings is 1.